The van der Waals surface area contributed by atoms with E-state index in [-0.39, 0.29) is 28.8 Å². The van der Waals surface area contributed by atoms with Gasteiger partial charge in [0.05, 0.1) is 29.5 Å². The molecule has 0 saturated carbocycles. The smallest absolute Gasteiger partial charge is 0.316 e. The number of thioether (sulfide) groups is 1. The quantitative estimate of drug-likeness (QED) is 0.638. The van der Waals surface area contributed by atoms with Crippen molar-refractivity contribution in [3.05, 3.63) is 65.5 Å². The Morgan fingerprint density at radius 1 is 1.13 bits per heavy atom. The van der Waals surface area contributed by atoms with Crippen LogP contribution in [-0.2, 0) is 27.2 Å². The predicted molar refractivity (Wildman–Crippen MR) is 110 cm³/mol. The van der Waals surface area contributed by atoms with Crippen LogP contribution in [0.1, 0.15) is 11.1 Å². The third-order valence-electron chi connectivity index (χ3n) is 5.01. The number of amidine groups is 1. The first kappa shape index (κ1) is 21.8. The standard InChI is InChI=1S/C20H16F4N2O3S2/c21-14-6-4-12(5-7-14)8-18(27)25-19-26(16-10-31(28,29)11-17(16)30-19)15-3-1-2-13(9-15)20(22,23)24/h1-7,9,16-17H,8,10-11H2/t16-,17-/m0/s1. The van der Waals surface area contributed by atoms with Crippen molar-refractivity contribution >= 4 is 38.4 Å². The van der Waals surface area contributed by atoms with E-state index in [9.17, 15) is 30.8 Å². The van der Waals surface area contributed by atoms with Crippen LogP contribution >= 0.6 is 11.8 Å². The molecule has 0 aromatic heterocycles. The molecular formula is C20H16F4N2O3S2. The summed E-state index contributed by atoms with van der Waals surface area (Å²) in [5.41, 5.74) is -0.219. The summed E-state index contributed by atoms with van der Waals surface area (Å²) in [5, 5.41) is -0.270. The van der Waals surface area contributed by atoms with Gasteiger partial charge in [-0.25, -0.2) is 12.8 Å². The number of amides is 1. The lowest BCUT2D eigenvalue weighted by Gasteiger charge is -2.25. The van der Waals surface area contributed by atoms with Gasteiger partial charge in [0.25, 0.3) is 5.91 Å². The maximum Gasteiger partial charge on any atom is 0.416 e. The first-order valence-corrected chi connectivity index (χ1v) is 11.9. The number of anilines is 1. The number of halogens is 4. The van der Waals surface area contributed by atoms with Crippen molar-refractivity contribution in [3.8, 4) is 0 Å². The van der Waals surface area contributed by atoms with Gasteiger partial charge in [0.15, 0.2) is 15.0 Å². The fourth-order valence-electron chi connectivity index (χ4n) is 3.62. The lowest BCUT2D eigenvalue weighted by Crippen LogP contribution is -2.38. The van der Waals surface area contributed by atoms with E-state index in [1.165, 1.54) is 41.3 Å². The summed E-state index contributed by atoms with van der Waals surface area (Å²) in [5.74, 6) is -1.37. The van der Waals surface area contributed by atoms with Crippen molar-refractivity contribution in [2.24, 2.45) is 4.99 Å². The SMILES string of the molecule is O=C(Cc1ccc(F)cc1)N=C1S[C@H]2CS(=O)(=O)C[C@@H]2N1c1cccc(C(F)(F)F)c1. The minimum atomic E-state index is -4.57. The maximum atomic E-state index is 13.2. The first-order valence-electron chi connectivity index (χ1n) is 9.21. The number of nitrogens with zero attached hydrogens (tertiary/aromatic N) is 2. The second kappa shape index (κ2) is 7.94. The number of carbonyl (C=O) groups excluding carboxylic acids is 1. The Labute approximate surface area is 180 Å². The average molecular weight is 472 g/mol. The van der Waals surface area contributed by atoms with Crippen LogP contribution < -0.4 is 4.90 Å². The Kier molecular flexibility index (Phi) is 5.59. The second-order valence-corrected chi connectivity index (χ2v) is 10.7. The minimum Gasteiger partial charge on any atom is -0.316 e. The number of sulfone groups is 1. The number of hydrogen-bond acceptors (Lipinski definition) is 4. The van der Waals surface area contributed by atoms with Crippen molar-refractivity contribution < 1.29 is 30.8 Å². The van der Waals surface area contributed by atoms with Crippen LogP contribution in [0.25, 0.3) is 0 Å². The van der Waals surface area contributed by atoms with E-state index in [0.717, 1.165) is 23.9 Å². The van der Waals surface area contributed by atoms with Gasteiger partial charge < -0.3 is 4.90 Å². The van der Waals surface area contributed by atoms with Crippen LogP contribution in [0, 0.1) is 5.82 Å². The number of carbonyl (C=O) groups is 1. The molecule has 0 spiro atoms. The Balaban J connectivity index is 1.67. The van der Waals surface area contributed by atoms with E-state index >= 15 is 0 Å². The molecule has 2 atom stereocenters. The van der Waals surface area contributed by atoms with Crippen molar-refractivity contribution in [1.29, 1.82) is 0 Å². The van der Waals surface area contributed by atoms with Crippen molar-refractivity contribution in [3.63, 3.8) is 0 Å². The maximum absolute atomic E-state index is 13.2. The molecule has 1 amide bonds. The molecule has 2 aliphatic rings. The van der Waals surface area contributed by atoms with Crippen LogP contribution in [0.3, 0.4) is 0 Å². The Bertz CT molecular complexity index is 1150. The number of fused-ring (bicyclic) bond motifs is 1. The van der Waals surface area contributed by atoms with Crippen molar-refractivity contribution in [2.75, 3.05) is 16.4 Å². The van der Waals surface area contributed by atoms with Crippen LogP contribution in [0.4, 0.5) is 23.2 Å². The van der Waals surface area contributed by atoms with Crippen LogP contribution in [0.5, 0.6) is 0 Å². The van der Waals surface area contributed by atoms with Gasteiger partial charge in [0.1, 0.15) is 5.82 Å². The lowest BCUT2D eigenvalue weighted by atomic mass is 10.1. The third kappa shape index (κ3) is 4.77. The first-order chi connectivity index (χ1) is 14.5. The van der Waals surface area contributed by atoms with Gasteiger partial charge in [-0.3, -0.25) is 4.79 Å². The molecular weight excluding hydrogens is 456 g/mol. The fraction of sp³-hybridized carbons (Fsp3) is 0.300. The van der Waals surface area contributed by atoms with Crippen molar-refractivity contribution in [2.45, 2.75) is 23.9 Å². The highest BCUT2D eigenvalue weighted by Gasteiger charge is 2.49. The summed E-state index contributed by atoms with van der Waals surface area (Å²) in [6.07, 6.45) is -4.69. The predicted octanol–water partition coefficient (Wildman–Crippen LogP) is 3.69. The fourth-order valence-corrected chi connectivity index (χ4v) is 7.55. The molecule has 2 heterocycles. The number of hydrogen-bond donors (Lipinski definition) is 0. The van der Waals surface area contributed by atoms with Gasteiger partial charge in [-0.15, -0.1) is 0 Å². The van der Waals surface area contributed by atoms with Gasteiger partial charge in [-0.1, -0.05) is 30.0 Å². The highest BCUT2D eigenvalue weighted by molar-refractivity contribution is 8.16. The Morgan fingerprint density at radius 2 is 1.84 bits per heavy atom. The van der Waals surface area contributed by atoms with E-state index in [1.807, 2.05) is 0 Å². The number of rotatable bonds is 3. The molecule has 4 rings (SSSR count). The summed E-state index contributed by atoms with van der Waals surface area (Å²) in [7, 11) is -3.35. The highest BCUT2D eigenvalue weighted by Crippen LogP contribution is 2.42. The molecule has 164 valence electrons. The molecule has 0 radical (unpaired) electrons. The van der Waals surface area contributed by atoms with Gasteiger partial charge >= 0.3 is 6.18 Å². The number of aliphatic imine (C=N–C) groups is 1. The molecule has 0 N–H and O–H groups in total. The van der Waals surface area contributed by atoms with E-state index in [4.69, 9.17) is 0 Å². The third-order valence-corrected chi connectivity index (χ3v) is 8.22. The zero-order chi connectivity index (χ0) is 22.4. The molecule has 5 nitrogen and oxygen atoms in total. The molecule has 0 aliphatic carbocycles. The van der Waals surface area contributed by atoms with Gasteiger partial charge in [0, 0.05) is 10.9 Å². The summed E-state index contributed by atoms with van der Waals surface area (Å²) >= 11 is 1.08. The number of benzene rings is 2. The summed E-state index contributed by atoms with van der Waals surface area (Å²) in [4.78, 5) is 18.0. The average Bonchev–Trinajstić information content (AvgIpc) is 3.13. The monoisotopic (exact) mass is 472 g/mol. The van der Waals surface area contributed by atoms with Crippen LogP contribution in [0.2, 0.25) is 0 Å². The molecule has 2 aromatic carbocycles. The topological polar surface area (TPSA) is 66.8 Å². The lowest BCUT2D eigenvalue weighted by molar-refractivity contribution is -0.137. The van der Waals surface area contributed by atoms with Crippen LogP contribution in [0.15, 0.2) is 53.5 Å². The van der Waals surface area contributed by atoms with Crippen molar-refractivity contribution in [1.82, 2.24) is 0 Å². The van der Waals surface area contributed by atoms with Gasteiger partial charge in [-0.2, -0.15) is 18.2 Å². The molecule has 31 heavy (non-hydrogen) atoms. The largest absolute Gasteiger partial charge is 0.416 e. The van der Waals surface area contributed by atoms with E-state index in [1.54, 1.807) is 0 Å². The molecule has 0 bridgehead atoms. The highest BCUT2D eigenvalue weighted by atomic mass is 32.2. The normalized spacial score (nSPS) is 23.9. The minimum absolute atomic E-state index is 0.117. The van der Waals surface area contributed by atoms with E-state index < -0.39 is 44.6 Å². The van der Waals surface area contributed by atoms with Gasteiger partial charge in [0.2, 0.25) is 0 Å². The van der Waals surface area contributed by atoms with Crippen LogP contribution in [-0.4, -0.2) is 42.3 Å². The van der Waals surface area contributed by atoms with Gasteiger partial charge in [-0.05, 0) is 35.9 Å². The summed E-state index contributed by atoms with van der Waals surface area (Å²) in [6.45, 7) is 0. The Morgan fingerprint density at radius 3 is 2.52 bits per heavy atom. The molecule has 2 aromatic rings. The number of alkyl halides is 3. The van der Waals surface area contributed by atoms with E-state index in [0.29, 0.717) is 5.56 Å². The Hall–Kier alpha value is -2.40. The molecule has 2 fully saturated rings. The van der Waals surface area contributed by atoms with E-state index in [2.05, 4.69) is 4.99 Å². The molecule has 0 unspecified atom stereocenters. The molecule has 2 saturated heterocycles. The zero-order valence-corrected chi connectivity index (χ0v) is 17.5. The summed E-state index contributed by atoms with van der Waals surface area (Å²) < 4.78 is 76.8. The summed E-state index contributed by atoms with van der Waals surface area (Å²) in [6, 6.07) is 9.22. The molecule has 11 heteroatoms. The second-order valence-electron chi connectivity index (χ2n) is 7.31. The molecule has 2 aliphatic heterocycles. The zero-order valence-electron chi connectivity index (χ0n) is 15.8.